The highest BCUT2D eigenvalue weighted by Gasteiger charge is 2.42. The summed E-state index contributed by atoms with van der Waals surface area (Å²) in [7, 11) is 0. The van der Waals surface area contributed by atoms with Crippen molar-refractivity contribution in [2.24, 2.45) is 5.73 Å². The van der Waals surface area contributed by atoms with Gasteiger partial charge in [0.2, 0.25) is 0 Å². The molecule has 0 bridgehead atoms. The highest BCUT2D eigenvalue weighted by molar-refractivity contribution is 7.80. The normalized spacial score (nSPS) is 26.6. The lowest BCUT2D eigenvalue weighted by atomic mass is 9.98. The Morgan fingerprint density at radius 1 is 1.39 bits per heavy atom. The monoisotopic (exact) mass is 270 g/mol. The van der Waals surface area contributed by atoms with Gasteiger partial charge < -0.3 is 10.5 Å². The molecule has 0 aromatic rings. The van der Waals surface area contributed by atoms with Crippen LogP contribution in [0, 0.1) is 0 Å². The summed E-state index contributed by atoms with van der Waals surface area (Å²) in [6.45, 7) is 6.06. The van der Waals surface area contributed by atoms with Crippen molar-refractivity contribution < 1.29 is 4.74 Å². The highest BCUT2D eigenvalue weighted by Crippen LogP contribution is 2.43. The molecule has 1 saturated carbocycles. The van der Waals surface area contributed by atoms with E-state index in [2.05, 4.69) is 18.7 Å². The molecule has 1 unspecified atom stereocenters. The van der Waals surface area contributed by atoms with Gasteiger partial charge in [0.25, 0.3) is 0 Å². The highest BCUT2D eigenvalue weighted by atomic mass is 32.1. The van der Waals surface area contributed by atoms with E-state index >= 15 is 0 Å². The van der Waals surface area contributed by atoms with Gasteiger partial charge in [0.05, 0.1) is 16.7 Å². The van der Waals surface area contributed by atoms with Crippen molar-refractivity contribution in [3.05, 3.63) is 0 Å². The van der Waals surface area contributed by atoms with Crippen molar-refractivity contribution in [1.82, 2.24) is 4.90 Å². The second-order valence-corrected chi connectivity index (χ2v) is 6.68. The van der Waals surface area contributed by atoms with Gasteiger partial charge in [-0.2, -0.15) is 0 Å². The zero-order valence-electron chi connectivity index (χ0n) is 11.7. The van der Waals surface area contributed by atoms with Gasteiger partial charge in [-0.25, -0.2) is 0 Å². The van der Waals surface area contributed by atoms with E-state index in [9.17, 15) is 0 Å². The van der Waals surface area contributed by atoms with E-state index in [0.29, 0.717) is 23.7 Å². The average molecular weight is 270 g/mol. The summed E-state index contributed by atoms with van der Waals surface area (Å²) in [5.74, 6) is 0. The molecule has 2 N–H and O–H groups in total. The Bertz CT molecular complexity index is 300. The van der Waals surface area contributed by atoms with Gasteiger partial charge in [0.15, 0.2) is 0 Å². The predicted octanol–water partition coefficient (Wildman–Crippen LogP) is 2.47. The third-order valence-electron chi connectivity index (χ3n) is 4.38. The Morgan fingerprint density at radius 2 is 2.06 bits per heavy atom. The number of nitrogens with two attached hydrogens (primary N) is 1. The maximum absolute atomic E-state index is 6.35. The molecule has 104 valence electrons. The van der Waals surface area contributed by atoms with E-state index in [-0.39, 0.29) is 5.60 Å². The van der Waals surface area contributed by atoms with E-state index in [1.807, 2.05) is 0 Å². The second kappa shape index (κ2) is 5.85. The fourth-order valence-corrected chi connectivity index (χ4v) is 3.50. The fraction of sp³-hybridized carbons (Fsp3) is 0.929. The van der Waals surface area contributed by atoms with Crippen LogP contribution in [-0.2, 0) is 4.74 Å². The second-order valence-electron chi connectivity index (χ2n) is 6.16. The topological polar surface area (TPSA) is 38.5 Å². The van der Waals surface area contributed by atoms with Crippen LogP contribution in [0.2, 0.25) is 0 Å². The standard InChI is InChI=1S/C14H26N2OS/c1-11(2)16(10-13(15)18)9-12-5-8-14(17-12)6-3-4-7-14/h11-12H,3-10H2,1-2H3,(H2,15,18). The Kier molecular flexibility index (Phi) is 4.62. The molecule has 1 atom stereocenters. The number of hydrogen-bond donors (Lipinski definition) is 1. The van der Waals surface area contributed by atoms with Crippen LogP contribution in [0.25, 0.3) is 0 Å². The van der Waals surface area contributed by atoms with Crippen molar-refractivity contribution >= 4 is 17.2 Å². The van der Waals surface area contributed by atoms with Crippen molar-refractivity contribution in [3.8, 4) is 0 Å². The van der Waals surface area contributed by atoms with Crippen LogP contribution in [0.4, 0.5) is 0 Å². The SMILES string of the molecule is CC(C)N(CC(N)=S)CC1CCC2(CCCC2)O1. The first kappa shape index (κ1) is 14.2. The molecule has 1 spiro atoms. The number of nitrogens with zero attached hydrogens (tertiary/aromatic N) is 1. The Hall–Kier alpha value is -0.190. The summed E-state index contributed by atoms with van der Waals surface area (Å²) in [5, 5.41) is 0. The van der Waals surface area contributed by atoms with Gasteiger partial charge in [-0.1, -0.05) is 25.1 Å². The molecule has 4 heteroatoms. The van der Waals surface area contributed by atoms with Gasteiger partial charge in [0, 0.05) is 19.1 Å². The molecule has 2 rings (SSSR count). The number of thiocarbonyl (C=S) groups is 1. The maximum atomic E-state index is 6.35. The minimum Gasteiger partial charge on any atom is -0.392 e. The minimum atomic E-state index is 0.233. The van der Waals surface area contributed by atoms with Crippen LogP contribution in [0.3, 0.4) is 0 Å². The third-order valence-corrected chi connectivity index (χ3v) is 4.51. The molecule has 2 aliphatic rings. The lowest BCUT2D eigenvalue weighted by molar-refractivity contribution is -0.0484. The van der Waals surface area contributed by atoms with E-state index in [0.717, 1.165) is 6.54 Å². The molecule has 3 nitrogen and oxygen atoms in total. The summed E-state index contributed by atoms with van der Waals surface area (Å²) in [6.07, 6.45) is 8.03. The maximum Gasteiger partial charge on any atom is 0.0870 e. The molecular weight excluding hydrogens is 244 g/mol. The van der Waals surface area contributed by atoms with E-state index in [1.54, 1.807) is 0 Å². The first-order chi connectivity index (χ1) is 8.51. The molecule has 0 radical (unpaired) electrons. The predicted molar refractivity (Wildman–Crippen MR) is 78.8 cm³/mol. The molecule has 0 aromatic heterocycles. The van der Waals surface area contributed by atoms with Gasteiger partial charge in [-0.3, -0.25) is 4.90 Å². The van der Waals surface area contributed by atoms with Crippen molar-refractivity contribution in [2.45, 2.75) is 70.1 Å². The quantitative estimate of drug-likeness (QED) is 0.779. The molecule has 2 fully saturated rings. The van der Waals surface area contributed by atoms with E-state index in [4.69, 9.17) is 22.7 Å². The largest absolute Gasteiger partial charge is 0.392 e. The number of hydrogen-bond acceptors (Lipinski definition) is 3. The van der Waals surface area contributed by atoms with Gasteiger partial charge in [-0.05, 0) is 39.5 Å². The minimum absolute atomic E-state index is 0.233. The van der Waals surface area contributed by atoms with Gasteiger partial charge in [0.1, 0.15) is 0 Å². The van der Waals surface area contributed by atoms with Crippen LogP contribution in [0.15, 0.2) is 0 Å². The van der Waals surface area contributed by atoms with Crippen LogP contribution in [-0.4, -0.2) is 40.7 Å². The third kappa shape index (κ3) is 3.43. The Labute approximate surface area is 116 Å². The van der Waals surface area contributed by atoms with Crippen molar-refractivity contribution in [2.75, 3.05) is 13.1 Å². The summed E-state index contributed by atoms with van der Waals surface area (Å²) >= 11 is 5.03. The molecular formula is C14H26N2OS. The summed E-state index contributed by atoms with van der Waals surface area (Å²) in [5.41, 5.74) is 5.90. The van der Waals surface area contributed by atoms with Gasteiger partial charge >= 0.3 is 0 Å². The fourth-order valence-electron chi connectivity index (χ4n) is 3.33. The molecule has 1 saturated heterocycles. The average Bonchev–Trinajstić information content (AvgIpc) is 2.88. The van der Waals surface area contributed by atoms with E-state index < -0.39 is 0 Å². The lowest BCUT2D eigenvalue weighted by Crippen LogP contribution is -2.42. The Balaban J connectivity index is 1.86. The first-order valence-corrected chi connectivity index (χ1v) is 7.62. The summed E-state index contributed by atoms with van der Waals surface area (Å²) in [6, 6.07) is 0.468. The molecule has 1 aliphatic heterocycles. The molecule has 1 aliphatic carbocycles. The zero-order chi connectivity index (χ0) is 13.2. The van der Waals surface area contributed by atoms with Crippen LogP contribution >= 0.6 is 12.2 Å². The Morgan fingerprint density at radius 3 is 2.61 bits per heavy atom. The lowest BCUT2D eigenvalue weighted by Gasteiger charge is -2.30. The smallest absolute Gasteiger partial charge is 0.0870 e. The van der Waals surface area contributed by atoms with Crippen molar-refractivity contribution in [3.63, 3.8) is 0 Å². The first-order valence-electron chi connectivity index (χ1n) is 7.21. The number of rotatable bonds is 5. The molecule has 0 amide bonds. The number of ether oxygens (including phenoxy) is 1. The van der Waals surface area contributed by atoms with E-state index in [1.165, 1.54) is 38.5 Å². The molecule has 1 heterocycles. The van der Waals surface area contributed by atoms with Gasteiger partial charge in [-0.15, -0.1) is 0 Å². The van der Waals surface area contributed by atoms with Crippen LogP contribution in [0.5, 0.6) is 0 Å². The van der Waals surface area contributed by atoms with Crippen molar-refractivity contribution in [1.29, 1.82) is 0 Å². The summed E-state index contributed by atoms with van der Waals surface area (Å²) < 4.78 is 6.35. The molecule has 0 aromatic carbocycles. The molecule has 18 heavy (non-hydrogen) atoms. The van der Waals surface area contributed by atoms with Crippen LogP contribution in [0.1, 0.15) is 52.4 Å². The van der Waals surface area contributed by atoms with Crippen LogP contribution < -0.4 is 5.73 Å². The summed E-state index contributed by atoms with van der Waals surface area (Å²) in [4.78, 5) is 2.92. The zero-order valence-corrected chi connectivity index (χ0v) is 12.5.